The third-order valence-corrected chi connectivity index (χ3v) is 8.01. The number of terminal acetylenes is 1. The third kappa shape index (κ3) is 13.5. The third-order valence-electron chi connectivity index (χ3n) is 8.01. The van der Waals surface area contributed by atoms with Gasteiger partial charge in [-0.2, -0.15) is 0 Å². The van der Waals surface area contributed by atoms with Crippen molar-refractivity contribution in [3.63, 3.8) is 0 Å². The molecule has 0 bridgehead atoms. The van der Waals surface area contributed by atoms with Gasteiger partial charge in [0.25, 0.3) is 0 Å². The van der Waals surface area contributed by atoms with E-state index >= 15 is 0 Å². The van der Waals surface area contributed by atoms with Crippen molar-refractivity contribution in [2.75, 3.05) is 26.2 Å². The van der Waals surface area contributed by atoms with Crippen LogP contribution < -0.4 is 39.0 Å². The van der Waals surface area contributed by atoms with Crippen LogP contribution in [-0.4, -0.2) is 99.9 Å². The van der Waals surface area contributed by atoms with Gasteiger partial charge in [-0.15, -0.1) is 6.42 Å². The van der Waals surface area contributed by atoms with E-state index < -0.39 is 53.6 Å². The van der Waals surface area contributed by atoms with Crippen LogP contribution in [0, 0.1) is 18.3 Å². The number of urea groups is 1. The Bertz CT molecular complexity index is 1040. The predicted octanol–water partition coefficient (Wildman–Crippen LogP) is -1.32. The number of nitrogens with zero attached hydrogens (tertiary/aromatic N) is 2. The van der Waals surface area contributed by atoms with E-state index in [-0.39, 0.29) is 44.7 Å². The number of aliphatic hydroxyl groups excluding tert-OH is 1. The first-order valence-corrected chi connectivity index (χ1v) is 15.6. The molecule has 2 aliphatic rings. The zero-order valence-electron chi connectivity index (χ0n) is 27.0. The number of likely N-dealkylation sites (tertiary alicyclic amines) is 1. The Hall–Kier alpha value is -3.58. The zero-order chi connectivity index (χ0) is 34.2. The van der Waals surface area contributed by atoms with Gasteiger partial charge in [0.15, 0.2) is 6.10 Å². The smallest absolute Gasteiger partial charge is 0.315 e. The van der Waals surface area contributed by atoms with Crippen molar-refractivity contribution in [3.8, 4) is 12.3 Å². The van der Waals surface area contributed by atoms with Gasteiger partial charge in [0.05, 0.1) is 30.9 Å². The fraction of sp³-hybridized carbons (Fsp3) is 0.733. The molecule has 45 heavy (non-hydrogen) atoms. The summed E-state index contributed by atoms with van der Waals surface area (Å²) in [5.41, 5.74) is 15.2. The summed E-state index contributed by atoms with van der Waals surface area (Å²) in [4.78, 5) is 50.3. The second-order valence-electron chi connectivity index (χ2n) is 12.2. The lowest BCUT2D eigenvalue weighted by atomic mass is 9.91. The highest BCUT2D eigenvalue weighted by atomic mass is 16.3. The van der Waals surface area contributed by atoms with Crippen LogP contribution in [0.5, 0.6) is 0 Å². The zero-order valence-corrected chi connectivity index (χ0v) is 27.0. The molecule has 0 aromatic carbocycles. The van der Waals surface area contributed by atoms with Crippen molar-refractivity contribution >= 4 is 23.8 Å². The van der Waals surface area contributed by atoms with Crippen LogP contribution in [-0.2, 0) is 14.4 Å². The highest BCUT2D eigenvalue weighted by Gasteiger charge is 2.43. The predicted molar refractivity (Wildman–Crippen MR) is 171 cm³/mol. The van der Waals surface area contributed by atoms with Crippen LogP contribution in [0.2, 0.25) is 0 Å². The summed E-state index contributed by atoms with van der Waals surface area (Å²) in [7, 11) is 0. The molecule has 256 valence electrons. The van der Waals surface area contributed by atoms with Gasteiger partial charge in [-0.05, 0) is 39.0 Å². The second kappa shape index (κ2) is 19.7. The number of hydrazine groups is 1. The summed E-state index contributed by atoms with van der Waals surface area (Å²) in [5.74, 6) is 7.33. The summed E-state index contributed by atoms with van der Waals surface area (Å²) >= 11 is 0. The molecule has 1 saturated carbocycles. The van der Waals surface area contributed by atoms with Gasteiger partial charge in [0.2, 0.25) is 17.7 Å². The first kappa shape index (κ1) is 39.4. The fourth-order valence-electron chi connectivity index (χ4n) is 5.44. The number of hydrogen-bond donors (Lipinski definition) is 9. The number of rotatable bonds is 14. The number of nitrogens with one attached hydrogen (secondary N) is 3. The Balaban J connectivity index is 0.00000126. The molecule has 1 aliphatic carbocycles. The molecule has 4 unspecified atom stereocenters. The molecule has 0 aromatic heterocycles. The van der Waals surface area contributed by atoms with E-state index in [4.69, 9.17) is 29.5 Å². The van der Waals surface area contributed by atoms with Crippen LogP contribution in [0.3, 0.4) is 0 Å². The molecule has 2 rings (SSSR count). The van der Waals surface area contributed by atoms with E-state index in [2.05, 4.69) is 28.8 Å². The average molecular weight is 638 g/mol. The van der Waals surface area contributed by atoms with Crippen LogP contribution in [0.25, 0.3) is 0 Å². The van der Waals surface area contributed by atoms with Crippen molar-refractivity contribution < 1.29 is 29.4 Å². The highest BCUT2D eigenvalue weighted by Crippen LogP contribution is 2.27. The number of unbranched alkanes of at least 4 members (excludes halogenated alkanes) is 1. The highest BCUT2D eigenvalue weighted by molar-refractivity contribution is 5.90. The maximum atomic E-state index is 13.3. The van der Waals surface area contributed by atoms with Crippen LogP contribution in [0.15, 0.2) is 11.9 Å². The van der Waals surface area contributed by atoms with Crippen LogP contribution in [0.1, 0.15) is 78.6 Å². The second-order valence-corrected chi connectivity index (χ2v) is 12.2. The van der Waals surface area contributed by atoms with E-state index in [1.54, 1.807) is 0 Å². The maximum absolute atomic E-state index is 13.3. The lowest BCUT2D eigenvalue weighted by Gasteiger charge is -2.34. The monoisotopic (exact) mass is 637 g/mol. The fourth-order valence-corrected chi connectivity index (χ4v) is 5.44. The lowest BCUT2D eigenvalue weighted by molar-refractivity contribution is -0.139. The molecule has 15 nitrogen and oxygen atoms in total. The van der Waals surface area contributed by atoms with Crippen molar-refractivity contribution in [2.24, 2.45) is 29.0 Å². The van der Waals surface area contributed by atoms with Crippen LogP contribution in [0.4, 0.5) is 4.79 Å². The number of hydrogen-bond acceptors (Lipinski definition) is 10. The molecule has 13 N–H and O–H groups in total. The molecule has 0 spiro atoms. The van der Waals surface area contributed by atoms with E-state index in [0.717, 1.165) is 12.1 Å². The topological polar surface area (TPSA) is 255 Å². The Morgan fingerprint density at radius 1 is 1.16 bits per heavy atom. The van der Waals surface area contributed by atoms with Crippen LogP contribution >= 0.6 is 0 Å². The number of primary amides is 1. The summed E-state index contributed by atoms with van der Waals surface area (Å²) in [6.07, 6.45) is 13.1. The molecule has 2 fully saturated rings. The maximum Gasteiger partial charge on any atom is 0.315 e. The van der Waals surface area contributed by atoms with Crippen molar-refractivity contribution in [1.29, 1.82) is 0 Å². The van der Waals surface area contributed by atoms with E-state index in [1.807, 2.05) is 0 Å². The summed E-state index contributed by atoms with van der Waals surface area (Å²) in [6.45, 7) is 5.37. The van der Waals surface area contributed by atoms with E-state index in [0.29, 0.717) is 12.8 Å². The molecular formula is C30H55N9O6. The Kier molecular flexibility index (Phi) is 17.3. The largest absolute Gasteiger partial charge is 0.403 e. The molecule has 0 aromatic rings. The molecule has 0 radical (unpaired) electrons. The number of amides is 5. The van der Waals surface area contributed by atoms with Crippen molar-refractivity contribution in [1.82, 2.24) is 25.9 Å². The standard InChI is InChI=1S/C23H41N9O6.C7H14/c1-4-8-28-22(37)29-9-6-5-7-15(19(34)20(26)35)30-21(36)16-10-14(13-31(16)18(33)12-25)32(27)17(11-24)23(2,3)38;1-7-5-3-2-4-6-7/h1,11,14-16,19,34,38H,5-10,12-13,24-25,27H2,2-3H3,(H2,26,35)(H,30,36)(H2,28,29,37);7H,2-6H2,1H3/b17-11-;. The first-order valence-electron chi connectivity index (χ1n) is 15.6. The van der Waals surface area contributed by atoms with E-state index in [1.165, 1.54) is 55.9 Å². The molecule has 5 amide bonds. The van der Waals surface area contributed by atoms with Gasteiger partial charge in [-0.3, -0.25) is 14.4 Å². The molecule has 15 heteroatoms. The van der Waals surface area contributed by atoms with E-state index in [9.17, 15) is 29.4 Å². The molecule has 1 heterocycles. The Labute approximate surface area is 266 Å². The number of aliphatic hydroxyl groups is 2. The minimum Gasteiger partial charge on any atom is -0.403 e. The molecule has 1 saturated heterocycles. The van der Waals surface area contributed by atoms with Gasteiger partial charge in [0.1, 0.15) is 11.6 Å². The number of carbonyl (C=O) groups excluding carboxylic acids is 4. The Morgan fingerprint density at radius 3 is 2.29 bits per heavy atom. The van der Waals surface area contributed by atoms with Gasteiger partial charge < -0.3 is 53.3 Å². The molecule has 4 atom stereocenters. The summed E-state index contributed by atoms with van der Waals surface area (Å²) in [5, 5.41) is 29.6. The normalized spacial score (nSPS) is 20.1. The Morgan fingerprint density at radius 2 is 1.80 bits per heavy atom. The van der Waals surface area contributed by atoms with Gasteiger partial charge >= 0.3 is 6.03 Å². The lowest BCUT2D eigenvalue weighted by Crippen LogP contribution is -2.55. The molecule has 1 aliphatic heterocycles. The van der Waals surface area contributed by atoms with Crippen molar-refractivity contribution in [2.45, 2.75) is 108 Å². The number of carbonyl (C=O) groups is 4. The molecular weight excluding hydrogens is 582 g/mol. The first-order chi connectivity index (χ1) is 21.2. The average Bonchev–Trinajstić information content (AvgIpc) is 3.44. The quantitative estimate of drug-likeness (QED) is 0.0470. The summed E-state index contributed by atoms with van der Waals surface area (Å²) < 4.78 is 0. The van der Waals surface area contributed by atoms with Crippen molar-refractivity contribution in [3.05, 3.63) is 11.9 Å². The summed E-state index contributed by atoms with van der Waals surface area (Å²) in [6, 6.07) is -3.09. The SMILES string of the molecule is C#CCNC(=O)NCCCCC(NC(=O)C1CC(N(N)/C(=C\N)C(C)(C)O)CN1C(=O)CN)C(O)C(N)=O.CC1CCCCC1. The minimum absolute atomic E-state index is 0.0223. The van der Waals surface area contributed by atoms with Gasteiger partial charge in [-0.25, -0.2) is 10.6 Å². The van der Waals surface area contributed by atoms with Gasteiger partial charge in [-0.1, -0.05) is 44.9 Å². The number of nitrogens with two attached hydrogens (primary N) is 4. The van der Waals surface area contributed by atoms with Gasteiger partial charge in [0, 0.05) is 25.7 Å². The minimum atomic E-state index is -1.69.